The Morgan fingerprint density at radius 1 is 1.14 bits per heavy atom. The summed E-state index contributed by atoms with van der Waals surface area (Å²) in [7, 11) is 0. The lowest BCUT2D eigenvalue weighted by Crippen LogP contribution is -2.50. The fourth-order valence-corrected chi connectivity index (χ4v) is 6.59. The van der Waals surface area contributed by atoms with E-state index in [2.05, 4.69) is 12.2 Å². The van der Waals surface area contributed by atoms with E-state index in [9.17, 15) is 4.79 Å². The van der Waals surface area contributed by atoms with Gasteiger partial charge in [0.05, 0.1) is 5.41 Å². The van der Waals surface area contributed by atoms with Gasteiger partial charge in [-0.3, -0.25) is 4.79 Å². The van der Waals surface area contributed by atoms with E-state index >= 15 is 0 Å². The Labute approximate surface area is 135 Å². The summed E-state index contributed by atoms with van der Waals surface area (Å²) in [5.41, 5.74) is -0.300. The first-order valence-electron chi connectivity index (χ1n) is 8.31. The molecular weight excluding hydrogens is 296 g/mol. The predicted molar refractivity (Wildman–Crippen MR) is 84.6 cm³/mol. The van der Waals surface area contributed by atoms with Gasteiger partial charge in [0.1, 0.15) is 5.75 Å². The van der Waals surface area contributed by atoms with E-state index < -0.39 is 0 Å². The molecule has 4 aliphatic rings. The zero-order chi connectivity index (χ0) is 14.9. The number of hydrogen-bond donors (Lipinski definition) is 0. The van der Waals surface area contributed by atoms with Crippen molar-refractivity contribution in [2.75, 3.05) is 0 Å². The second-order valence-electron chi connectivity index (χ2n) is 7.40. The number of rotatable bonds is 2. The monoisotopic (exact) mass is 314 g/mol. The van der Waals surface area contributed by atoms with Gasteiger partial charge in [0.15, 0.2) is 0 Å². The molecule has 0 amide bonds. The van der Waals surface area contributed by atoms with Gasteiger partial charge in [-0.15, -0.1) is 11.6 Å². The Morgan fingerprint density at radius 2 is 1.95 bits per heavy atom. The van der Waals surface area contributed by atoms with Crippen LogP contribution in [-0.2, 0) is 4.79 Å². The molecule has 0 spiro atoms. The molecule has 0 N–H and O–H groups in total. The van der Waals surface area contributed by atoms with E-state index in [1.54, 1.807) is 0 Å². The van der Waals surface area contributed by atoms with Gasteiger partial charge < -0.3 is 4.74 Å². The van der Waals surface area contributed by atoms with E-state index in [0.29, 0.717) is 35.3 Å². The number of benzene rings is 1. The van der Waals surface area contributed by atoms with Crippen LogP contribution >= 0.6 is 11.6 Å². The Balaban J connectivity index is 1.54. The van der Waals surface area contributed by atoms with Crippen LogP contribution in [0.2, 0.25) is 0 Å². The molecule has 114 valence electrons. The highest BCUT2D eigenvalue weighted by molar-refractivity contribution is 6.21. The van der Waals surface area contributed by atoms with Crippen LogP contribution in [0.4, 0.5) is 0 Å². The van der Waals surface area contributed by atoms with E-state index in [4.69, 9.17) is 16.3 Å². The first kappa shape index (κ1) is 13.2. The van der Waals surface area contributed by atoms with Crippen LogP contribution in [0.3, 0.4) is 0 Å². The maximum absolute atomic E-state index is 13.2. The normalized spacial score (nSPS) is 47.0. The maximum Gasteiger partial charge on any atom is 0.318 e. The summed E-state index contributed by atoms with van der Waals surface area (Å²) in [6, 6.07) is 9.49. The lowest BCUT2D eigenvalue weighted by Gasteiger charge is -2.44. The topological polar surface area (TPSA) is 26.3 Å². The lowest BCUT2D eigenvalue weighted by atomic mass is 9.61. The van der Waals surface area contributed by atoms with Gasteiger partial charge >= 0.3 is 5.97 Å². The second-order valence-corrected chi connectivity index (χ2v) is 7.96. The molecule has 22 heavy (non-hydrogen) atoms. The molecule has 1 aromatic carbocycles. The number of carbonyl (C=O) groups excluding carboxylic acids is 1. The number of fused-ring (bicyclic) bond motifs is 9. The molecule has 0 heterocycles. The molecule has 7 unspecified atom stereocenters. The Morgan fingerprint density at radius 3 is 2.77 bits per heavy atom. The van der Waals surface area contributed by atoms with E-state index in [1.165, 1.54) is 0 Å². The highest BCUT2D eigenvalue weighted by Crippen LogP contribution is 2.73. The third-order valence-corrected chi connectivity index (χ3v) is 7.22. The van der Waals surface area contributed by atoms with Crippen molar-refractivity contribution in [2.45, 2.75) is 24.6 Å². The first-order valence-corrected chi connectivity index (χ1v) is 8.74. The zero-order valence-electron chi connectivity index (χ0n) is 12.3. The van der Waals surface area contributed by atoms with Crippen LogP contribution in [0.5, 0.6) is 5.75 Å². The smallest absolute Gasteiger partial charge is 0.318 e. The van der Waals surface area contributed by atoms with Crippen molar-refractivity contribution in [2.24, 2.45) is 35.0 Å². The van der Waals surface area contributed by atoms with Crippen LogP contribution in [-0.4, -0.2) is 11.3 Å². The van der Waals surface area contributed by atoms with Crippen molar-refractivity contribution in [3.63, 3.8) is 0 Å². The fourth-order valence-electron chi connectivity index (χ4n) is 6.11. The molecule has 3 heteroatoms. The van der Waals surface area contributed by atoms with Gasteiger partial charge in [0, 0.05) is 5.38 Å². The van der Waals surface area contributed by atoms with Crippen LogP contribution in [0.25, 0.3) is 0 Å². The lowest BCUT2D eigenvalue weighted by molar-refractivity contribution is -0.154. The summed E-state index contributed by atoms with van der Waals surface area (Å²) < 4.78 is 5.83. The minimum Gasteiger partial charge on any atom is -0.426 e. The number of halogens is 1. The van der Waals surface area contributed by atoms with Crippen LogP contribution < -0.4 is 4.74 Å². The molecule has 0 aliphatic heterocycles. The molecule has 7 atom stereocenters. The summed E-state index contributed by atoms with van der Waals surface area (Å²) in [5.74, 6) is 2.85. The minimum atomic E-state index is -0.300. The third-order valence-electron chi connectivity index (χ3n) is 6.72. The molecule has 2 nitrogen and oxygen atoms in total. The predicted octanol–water partition coefficient (Wildman–Crippen LogP) is 4.05. The molecule has 0 aromatic heterocycles. The van der Waals surface area contributed by atoms with Gasteiger partial charge in [-0.05, 0) is 61.0 Å². The number of allylic oxidation sites excluding steroid dienone is 2. The Bertz CT molecular complexity index is 655. The number of carbonyl (C=O) groups is 1. The number of esters is 1. The second kappa shape index (κ2) is 4.38. The average Bonchev–Trinajstić information content (AvgIpc) is 3.25. The zero-order valence-corrected chi connectivity index (χ0v) is 13.1. The van der Waals surface area contributed by atoms with Crippen LogP contribution in [0.15, 0.2) is 42.5 Å². The fraction of sp³-hybridized carbons (Fsp3) is 0.526. The molecule has 0 radical (unpaired) electrons. The van der Waals surface area contributed by atoms with Gasteiger partial charge in [-0.1, -0.05) is 30.4 Å². The highest BCUT2D eigenvalue weighted by atomic mass is 35.5. The van der Waals surface area contributed by atoms with Crippen molar-refractivity contribution in [3.8, 4) is 5.75 Å². The Hall–Kier alpha value is -1.28. The van der Waals surface area contributed by atoms with Crippen LogP contribution in [0, 0.1) is 35.0 Å². The number of para-hydroxylation sites is 1. The molecule has 3 fully saturated rings. The van der Waals surface area contributed by atoms with Crippen molar-refractivity contribution in [3.05, 3.63) is 42.5 Å². The molecule has 1 aromatic rings. The highest BCUT2D eigenvalue weighted by Gasteiger charge is 2.73. The van der Waals surface area contributed by atoms with E-state index in [1.807, 2.05) is 30.3 Å². The minimum absolute atomic E-state index is 0.00313. The number of hydrogen-bond acceptors (Lipinski definition) is 2. The molecule has 3 saturated carbocycles. The molecule has 4 aliphatic carbocycles. The van der Waals surface area contributed by atoms with E-state index in [-0.39, 0.29) is 16.8 Å². The molecule has 4 bridgehead atoms. The van der Waals surface area contributed by atoms with Crippen molar-refractivity contribution in [1.29, 1.82) is 0 Å². The van der Waals surface area contributed by atoms with Crippen molar-refractivity contribution in [1.82, 2.24) is 0 Å². The van der Waals surface area contributed by atoms with Gasteiger partial charge in [-0.25, -0.2) is 0 Å². The van der Waals surface area contributed by atoms with Crippen molar-refractivity contribution < 1.29 is 9.53 Å². The van der Waals surface area contributed by atoms with Gasteiger partial charge in [0.25, 0.3) is 0 Å². The number of alkyl halides is 1. The van der Waals surface area contributed by atoms with Gasteiger partial charge in [0.2, 0.25) is 0 Å². The summed E-state index contributed by atoms with van der Waals surface area (Å²) in [5, 5.41) is 0.250. The maximum atomic E-state index is 13.2. The van der Waals surface area contributed by atoms with Crippen molar-refractivity contribution >= 4 is 17.6 Å². The summed E-state index contributed by atoms with van der Waals surface area (Å²) in [4.78, 5) is 13.2. The van der Waals surface area contributed by atoms with Gasteiger partial charge in [-0.2, -0.15) is 0 Å². The number of ether oxygens (including phenoxy) is 1. The largest absolute Gasteiger partial charge is 0.426 e. The standard InChI is InChI=1S/C19H19ClO2/c20-16-10-13-9-15(16)17-11-6-7-12(8-11)19(13,17)18(21)22-14-4-2-1-3-5-14/h1-7,11-13,15-17H,8-10H2. The molecule has 0 saturated heterocycles. The Kier molecular flexibility index (Phi) is 2.63. The molecular formula is C19H19ClO2. The quantitative estimate of drug-likeness (QED) is 0.271. The molecule has 5 rings (SSSR count). The summed E-state index contributed by atoms with van der Waals surface area (Å²) in [6.07, 6.45) is 7.80. The van der Waals surface area contributed by atoms with Crippen LogP contribution in [0.1, 0.15) is 19.3 Å². The van der Waals surface area contributed by atoms with E-state index in [0.717, 1.165) is 19.3 Å². The average molecular weight is 315 g/mol. The summed E-state index contributed by atoms with van der Waals surface area (Å²) >= 11 is 6.56. The summed E-state index contributed by atoms with van der Waals surface area (Å²) in [6.45, 7) is 0. The SMILES string of the molecule is O=C(Oc1ccccc1)C12C3C=CC(C3)C1C1CC2CC1Cl. The third kappa shape index (κ3) is 1.45. The first-order chi connectivity index (χ1) is 10.7.